The van der Waals surface area contributed by atoms with Gasteiger partial charge in [0.05, 0.1) is 0 Å². The quantitative estimate of drug-likeness (QED) is 0.627. The molecule has 1 amide bonds. The maximum absolute atomic E-state index is 11.0. The molecule has 0 saturated heterocycles. The fourth-order valence-corrected chi connectivity index (χ4v) is 1.12. The second-order valence-electron chi connectivity index (χ2n) is 2.91. The van der Waals surface area contributed by atoms with Crippen molar-refractivity contribution in [2.24, 2.45) is 0 Å². The van der Waals surface area contributed by atoms with Gasteiger partial charge in [0.1, 0.15) is 6.10 Å². The summed E-state index contributed by atoms with van der Waals surface area (Å²) in [5, 5.41) is 21.2. The number of aliphatic hydroxyl groups is 2. The highest BCUT2D eigenvalue weighted by atomic mass is 16.3. The topological polar surface area (TPSA) is 69.6 Å². The van der Waals surface area contributed by atoms with Crippen molar-refractivity contribution in [1.82, 2.24) is 5.32 Å². The summed E-state index contributed by atoms with van der Waals surface area (Å²) in [6.07, 6.45) is -2.61. The smallest absolute Gasteiger partial charge is 0.251 e. The summed E-state index contributed by atoms with van der Waals surface area (Å²) < 4.78 is 0. The van der Waals surface area contributed by atoms with Crippen LogP contribution in [0.4, 0.5) is 0 Å². The molecule has 0 aliphatic heterocycles. The minimum atomic E-state index is -1.43. The molecule has 0 radical (unpaired) electrons. The van der Waals surface area contributed by atoms with Crippen molar-refractivity contribution in [2.45, 2.75) is 12.2 Å². The van der Waals surface area contributed by atoms with E-state index >= 15 is 0 Å². The number of hydrogen-bond acceptors (Lipinski definition) is 3. The van der Waals surface area contributed by atoms with Gasteiger partial charge in [0, 0.05) is 7.05 Å². The lowest BCUT2D eigenvalue weighted by Crippen LogP contribution is -2.36. The van der Waals surface area contributed by atoms with Crippen LogP contribution < -0.4 is 5.32 Å². The van der Waals surface area contributed by atoms with Crippen molar-refractivity contribution in [3.8, 4) is 0 Å². The average Bonchev–Trinajstić information content (AvgIpc) is 2.27. The zero-order chi connectivity index (χ0) is 10.6. The molecule has 0 unspecified atom stereocenters. The first-order valence-electron chi connectivity index (χ1n) is 4.29. The van der Waals surface area contributed by atoms with E-state index < -0.39 is 18.1 Å². The van der Waals surface area contributed by atoms with Crippen molar-refractivity contribution < 1.29 is 15.0 Å². The van der Waals surface area contributed by atoms with E-state index in [9.17, 15) is 15.0 Å². The van der Waals surface area contributed by atoms with Crippen LogP contribution in [-0.4, -0.2) is 29.3 Å². The highest BCUT2D eigenvalue weighted by Gasteiger charge is 2.24. The zero-order valence-corrected chi connectivity index (χ0v) is 7.84. The van der Waals surface area contributed by atoms with Gasteiger partial charge in [0.25, 0.3) is 5.91 Å². The van der Waals surface area contributed by atoms with E-state index in [-0.39, 0.29) is 0 Å². The predicted molar refractivity (Wildman–Crippen MR) is 51.5 cm³/mol. The van der Waals surface area contributed by atoms with Gasteiger partial charge >= 0.3 is 0 Å². The Hall–Kier alpha value is -1.39. The van der Waals surface area contributed by atoms with Crippen molar-refractivity contribution in [2.75, 3.05) is 7.05 Å². The highest BCUT2D eigenvalue weighted by molar-refractivity contribution is 5.80. The fraction of sp³-hybridized carbons (Fsp3) is 0.300. The van der Waals surface area contributed by atoms with E-state index in [4.69, 9.17) is 0 Å². The molecule has 2 atom stereocenters. The first kappa shape index (κ1) is 10.7. The summed E-state index contributed by atoms with van der Waals surface area (Å²) in [6, 6.07) is 8.56. The zero-order valence-electron chi connectivity index (χ0n) is 7.84. The Morgan fingerprint density at radius 2 is 1.86 bits per heavy atom. The van der Waals surface area contributed by atoms with Gasteiger partial charge in [-0.2, -0.15) is 0 Å². The molecule has 0 aliphatic carbocycles. The molecule has 0 aromatic heterocycles. The lowest BCUT2D eigenvalue weighted by atomic mass is 10.0. The Bertz CT molecular complexity index is 299. The van der Waals surface area contributed by atoms with Crippen molar-refractivity contribution in [1.29, 1.82) is 0 Å². The largest absolute Gasteiger partial charge is 0.385 e. The van der Waals surface area contributed by atoms with Crippen LogP contribution in [0.5, 0.6) is 0 Å². The normalized spacial score (nSPS) is 14.5. The van der Waals surface area contributed by atoms with Gasteiger partial charge in [-0.25, -0.2) is 0 Å². The van der Waals surface area contributed by atoms with E-state index in [1.165, 1.54) is 7.05 Å². The Balaban J connectivity index is 2.75. The van der Waals surface area contributed by atoms with Crippen LogP contribution in [0.15, 0.2) is 30.3 Å². The number of hydrogen-bond donors (Lipinski definition) is 3. The second kappa shape index (κ2) is 4.74. The fourth-order valence-electron chi connectivity index (χ4n) is 1.12. The molecular weight excluding hydrogens is 182 g/mol. The Labute approximate surface area is 82.2 Å². The second-order valence-corrected chi connectivity index (χ2v) is 2.91. The molecular formula is C10H13NO3. The van der Waals surface area contributed by atoms with Crippen molar-refractivity contribution >= 4 is 5.91 Å². The molecule has 0 heterocycles. The van der Waals surface area contributed by atoms with E-state index in [1.807, 2.05) is 0 Å². The standard InChI is InChI=1S/C10H13NO3/c1-11-10(14)9(13)8(12)7-5-3-2-4-6-7/h2-6,8-9,12-13H,1H3,(H,11,14)/t8-,9+/m1/s1. The monoisotopic (exact) mass is 195 g/mol. The van der Waals surface area contributed by atoms with Crippen molar-refractivity contribution in [3.63, 3.8) is 0 Å². The maximum atomic E-state index is 11.0. The lowest BCUT2D eigenvalue weighted by molar-refractivity contribution is -0.134. The SMILES string of the molecule is CNC(=O)[C@@H](O)[C@H](O)c1ccccc1. The molecule has 14 heavy (non-hydrogen) atoms. The van der Waals surface area contributed by atoms with Gasteiger partial charge in [-0.1, -0.05) is 30.3 Å². The van der Waals surface area contributed by atoms with Crippen LogP contribution >= 0.6 is 0 Å². The molecule has 0 bridgehead atoms. The van der Waals surface area contributed by atoms with Crippen molar-refractivity contribution in [3.05, 3.63) is 35.9 Å². The summed E-state index contributed by atoms with van der Waals surface area (Å²) >= 11 is 0. The molecule has 3 N–H and O–H groups in total. The number of carbonyl (C=O) groups is 1. The van der Waals surface area contributed by atoms with E-state index in [1.54, 1.807) is 30.3 Å². The van der Waals surface area contributed by atoms with Crippen LogP contribution in [0.25, 0.3) is 0 Å². The molecule has 1 aromatic rings. The average molecular weight is 195 g/mol. The summed E-state index contributed by atoms with van der Waals surface area (Å²) in [5.74, 6) is -0.596. The third-order valence-corrected chi connectivity index (χ3v) is 1.96. The van der Waals surface area contributed by atoms with Crippen LogP contribution in [-0.2, 0) is 4.79 Å². The van der Waals surface area contributed by atoms with Crippen LogP contribution in [0.1, 0.15) is 11.7 Å². The first-order valence-corrected chi connectivity index (χ1v) is 4.29. The molecule has 0 fully saturated rings. The van der Waals surface area contributed by atoms with E-state index in [0.29, 0.717) is 5.56 Å². The molecule has 0 spiro atoms. The number of amides is 1. The van der Waals surface area contributed by atoms with Gasteiger partial charge in [-0.15, -0.1) is 0 Å². The number of carbonyl (C=O) groups excluding carboxylic acids is 1. The molecule has 4 nitrogen and oxygen atoms in total. The predicted octanol–water partition coefficient (Wildman–Crippen LogP) is -0.173. The minimum Gasteiger partial charge on any atom is -0.385 e. The molecule has 1 rings (SSSR count). The van der Waals surface area contributed by atoms with Gasteiger partial charge in [-0.3, -0.25) is 4.79 Å². The Kier molecular flexibility index (Phi) is 3.62. The van der Waals surface area contributed by atoms with Gasteiger partial charge in [-0.05, 0) is 5.56 Å². The molecule has 1 aromatic carbocycles. The summed E-state index contributed by atoms with van der Waals surface area (Å²) in [4.78, 5) is 11.0. The molecule has 0 saturated carbocycles. The Morgan fingerprint density at radius 1 is 1.29 bits per heavy atom. The molecule has 0 aliphatic rings. The first-order chi connectivity index (χ1) is 6.66. The number of likely N-dealkylation sites (N-methyl/N-ethyl adjacent to an activating group) is 1. The number of rotatable bonds is 3. The third-order valence-electron chi connectivity index (χ3n) is 1.96. The highest BCUT2D eigenvalue weighted by Crippen LogP contribution is 2.15. The van der Waals surface area contributed by atoms with Crippen LogP contribution in [0, 0.1) is 0 Å². The Morgan fingerprint density at radius 3 is 2.36 bits per heavy atom. The lowest BCUT2D eigenvalue weighted by Gasteiger charge is -2.16. The molecule has 76 valence electrons. The number of aliphatic hydroxyl groups excluding tert-OH is 2. The van der Waals surface area contributed by atoms with Crippen LogP contribution in [0.3, 0.4) is 0 Å². The summed E-state index contributed by atoms with van der Waals surface area (Å²) in [7, 11) is 1.41. The number of nitrogens with one attached hydrogen (secondary N) is 1. The number of benzene rings is 1. The van der Waals surface area contributed by atoms with E-state index in [0.717, 1.165) is 0 Å². The van der Waals surface area contributed by atoms with E-state index in [2.05, 4.69) is 5.32 Å². The van der Waals surface area contributed by atoms with Gasteiger partial charge in [0.2, 0.25) is 0 Å². The van der Waals surface area contributed by atoms with Gasteiger partial charge < -0.3 is 15.5 Å². The van der Waals surface area contributed by atoms with Crippen LogP contribution in [0.2, 0.25) is 0 Å². The maximum Gasteiger partial charge on any atom is 0.251 e. The van der Waals surface area contributed by atoms with Gasteiger partial charge in [0.15, 0.2) is 6.10 Å². The summed E-state index contributed by atoms with van der Waals surface area (Å²) in [6.45, 7) is 0. The third kappa shape index (κ3) is 2.31. The molecule has 4 heteroatoms. The minimum absolute atomic E-state index is 0.517. The summed E-state index contributed by atoms with van der Waals surface area (Å²) in [5.41, 5.74) is 0.517.